The average molecular weight is 389 g/mol. The highest BCUT2D eigenvalue weighted by Crippen LogP contribution is 2.26. The van der Waals surface area contributed by atoms with Crippen molar-refractivity contribution in [3.63, 3.8) is 0 Å². The molecule has 27 heavy (non-hydrogen) atoms. The predicted molar refractivity (Wildman–Crippen MR) is 110 cm³/mol. The van der Waals surface area contributed by atoms with Gasteiger partial charge in [0.15, 0.2) is 0 Å². The van der Waals surface area contributed by atoms with E-state index < -0.39 is 0 Å². The average Bonchev–Trinajstić information content (AvgIpc) is 3.06. The molecule has 2 aromatic rings. The second-order valence-corrected chi connectivity index (χ2v) is 7.19. The molecule has 4 N–H and O–H groups in total. The third-order valence-corrected chi connectivity index (χ3v) is 4.79. The first-order chi connectivity index (χ1) is 12.9. The summed E-state index contributed by atoms with van der Waals surface area (Å²) in [6.45, 7) is 5.26. The molecule has 8 heteroatoms. The molecule has 1 aromatic carbocycles. The van der Waals surface area contributed by atoms with Crippen molar-refractivity contribution in [1.29, 1.82) is 0 Å². The molecule has 0 aliphatic carbocycles. The van der Waals surface area contributed by atoms with Crippen LogP contribution in [0, 0.1) is 0 Å². The van der Waals surface area contributed by atoms with E-state index in [1.165, 1.54) is 0 Å². The Labute approximate surface area is 164 Å². The number of hydrogen-bond donors (Lipinski definition) is 3. The molecule has 3 rings (SSSR count). The van der Waals surface area contributed by atoms with E-state index in [-0.39, 0.29) is 11.9 Å². The smallest absolute Gasteiger partial charge is 0.229 e. The fourth-order valence-electron chi connectivity index (χ4n) is 3.21. The Morgan fingerprint density at radius 3 is 2.89 bits per heavy atom. The molecule has 144 valence electrons. The number of aromatic nitrogens is 2. The first-order valence-corrected chi connectivity index (χ1v) is 9.54. The monoisotopic (exact) mass is 388 g/mol. The summed E-state index contributed by atoms with van der Waals surface area (Å²) in [4.78, 5) is 22.8. The fraction of sp³-hybridized carbons (Fsp3) is 0.421. The molecule has 1 aromatic heterocycles. The minimum Gasteiger partial charge on any atom is -0.397 e. The Kier molecular flexibility index (Phi) is 6.01. The van der Waals surface area contributed by atoms with Crippen LogP contribution in [0.5, 0.6) is 0 Å². The Morgan fingerprint density at radius 1 is 1.37 bits per heavy atom. The number of nitrogens with one attached hydrogen (secondary N) is 2. The fourth-order valence-corrected chi connectivity index (χ4v) is 3.33. The molecule has 7 nitrogen and oxygen atoms in total. The Balaban J connectivity index is 1.82. The first kappa shape index (κ1) is 19.2. The van der Waals surface area contributed by atoms with Crippen LogP contribution in [0.3, 0.4) is 0 Å². The number of carbonyl (C=O) groups is 1. The largest absolute Gasteiger partial charge is 0.397 e. The molecule has 0 bridgehead atoms. The number of halogens is 1. The van der Waals surface area contributed by atoms with Crippen molar-refractivity contribution in [2.24, 2.45) is 0 Å². The molecule has 1 fully saturated rings. The lowest BCUT2D eigenvalue weighted by molar-refractivity contribution is -0.119. The van der Waals surface area contributed by atoms with Gasteiger partial charge in [0.1, 0.15) is 5.82 Å². The zero-order valence-corrected chi connectivity index (χ0v) is 16.4. The Morgan fingerprint density at radius 2 is 2.19 bits per heavy atom. The number of benzene rings is 1. The van der Waals surface area contributed by atoms with E-state index in [4.69, 9.17) is 17.3 Å². The molecule has 1 saturated heterocycles. The van der Waals surface area contributed by atoms with Gasteiger partial charge in [-0.2, -0.15) is 4.98 Å². The Bertz CT molecular complexity index is 828. The zero-order chi connectivity index (χ0) is 19.4. The summed E-state index contributed by atoms with van der Waals surface area (Å²) >= 11 is 5.99. The van der Waals surface area contributed by atoms with E-state index in [0.717, 1.165) is 49.6 Å². The number of hydrogen-bond acceptors (Lipinski definition) is 6. The maximum Gasteiger partial charge on any atom is 0.229 e. The van der Waals surface area contributed by atoms with Crippen LogP contribution in [0.25, 0.3) is 0 Å². The van der Waals surface area contributed by atoms with Crippen LogP contribution in [0.15, 0.2) is 24.3 Å². The highest BCUT2D eigenvalue weighted by molar-refractivity contribution is 6.33. The van der Waals surface area contributed by atoms with Crippen molar-refractivity contribution in [1.82, 2.24) is 15.3 Å². The second-order valence-electron chi connectivity index (χ2n) is 6.78. The molecule has 1 aliphatic heterocycles. The third kappa shape index (κ3) is 5.01. The number of nitrogens with two attached hydrogens (primary N) is 1. The van der Waals surface area contributed by atoms with Gasteiger partial charge in [0.2, 0.25) is 11.9 Å². The topological polar surface area (TPSA) is 96.2 Å². The van der Waals surface area contributed by atoms with Crippen LogP contribution in [-0.2, 0) is 11.2 Å². The minimum atomic E-state index is -0.00103. The van der Waals surface area contributed by atoms with Crippen molar-refractivity contribution < 1.29 is 4.79 Å². The molecule has 1 aliphatic rings. The van der Waals surface area contributed by atoms with Gasteiger partial charge in [-0.15, -0.1) is 0 Å². The summed E-state index contributed by atoms with van der Waals surface area (Å²) in [6, 6.07) is 7.53. The van der Waals surface area contributed by atoms with Gasteiger partial charge in [-0.1, -0.05) is 24.9 Å². The molecule has 1 amide bonds. The predicted octanol–water partition coefficient (Wildman–Crippen LogP) is 3.12. The number of amides is 1. The lowest BCUT2D eigenvalue weighted by Gasteiger charge is -2.19. The first-order valence-electron chi connectivity index (χ1n) is 9.16. The van der Waals surface area contributed by atoms with Gasteiger partial charge in [-0.05, 0) is 31.0 Å². The SMILES string of the molecule is CCCc1cc(N2CC[C@H](NC(C)=O)C2)nc(Nc2ccc(Cl)c(N)c2)n1. The van der Waals surface area contributed by atoms with E-state index in [0.29, 0.717) is 16.7 Å². The molecule has 0 saturated carbocycles. The highest BCUT2D eigenvalue weighted by atomic mass is 35.5. The number of aryl methyl sites for hydroxylation is 1. The zero-order valence-electron chi connectivity index (χ0n) is 15.6. The molecule has 0 radical (unpaired) electrons. The van der Waals surface area contributed by atoms with E-state index in [9.17, 15) is 4.79 Å². The second kappa shape index (κ2) is 8.43. The maximum absolute atomic E-state index is 11.3. The van der Waals surface area contributed by atoms with Gasteiger partial charge in [0.25, 0.3) is 0 Å². The van der Waals surface area contributed by atoms with Gasteiger partial charge >= 0.3 is 0 Å². The number of carbonyl (C=O) groups excluding carboxylic acids is 1. The van der Waals surface area contributed by atoms with Gasteiger partial charge in [-0.3, -0.25) is 4.79 Å². The highest BCUT2D eigenvalue weighted by Gasteiger charge is 2.24. The van der Waals surface area contributed by atoms with E-state index in [1.807, 2.05) is 12.1 Å². The van der Waals surface area contributed by atoms with Gasteiger partial charge in [0.05, 0.1) is 10.7 Å². The number of rotatable bonds is 6. The van der Waals surface area contributed by atoms with E-state index in [2.05, 4.69) is 32.4 Å². The minimum absolute atomic E-state index is 0.00103. The molecule has 0 unspecified atom stereocenters. The standard InChI is InChI=1S/C19H25ClN6O/c1-3-4-13-10-18(26-8-7-15(11-26)22-12(2)27)25-19(23-13)24-14-5-6-16(20)17(21)9-14/h5-6,9-10,15H,3-4,7-8,11,21H2,1-2H3,(H,22,27)(H,23,24,25)/t15-/m0/s1. The van der Waals surface area contributed by atoms with Crippen LogP contribution in [-0.4, -0.2) is 35.0 Å². The van der Waals surface area contributed by atoms with E-state index in [1.54, 1.807) is 19.1 Å². The van der Waals surface area contributed by atoms with Crippen molar-refractivity contribution in [2.75, 3.05) is 29.0 Å². The lowest BCUT2D eigenvalue weighted by atomic mass is 10.2. The van der Waals surface area contributed by atoms with Crippen molar-refractivity contribution >= 4 is 40.6 Å². The number of nitrogen functional groups attached to an aromatic ring is 1. The summed E-state index contributed by atoms with van der Waals surface area (Å²) in [5.41, 5.74) is 8.15. The van der Waals surface area contributed by atoms with Crippen LogP contribution in [0.2, 0.25) is 5.02 Å². The molecular weight excluding hydrogens is 364 g/mol. The summed E-state index contributed by atoms with van der Waals surface area (Å²) in [7, 11) is 0. The normalized spacial score (nSPS) is 16.4. The van der Waals surface area contributed by atoms with Gasteiger partial charge in [-0.25, -0.2) is 4.98 Å². The van der Waals surface area contributed by atoms with Crippen LogP contribution in [0.4, 0.5) is 23.1 Å². The number of nitrogens with zero attached hydrogens (tertiary/aromatic N) is 3. The van der Waals surface area contributed by atoms with Crippen molar-refractivity contribution in [3.05, 3.63) is 35.0 Å². The van der Waals surface area contributed by atoms with E-state index >= 15 is 0 Å². The lowest BCUT2D eigenvalue weighted by Crippen LogP contribution is -2.35. The van der Waals surface area contributed by atoms with Gasteiger partial charge < -0.3 is 21.3 Å². The quantitative estimate of drug-likeness (QED) is 0.658. The van der Waals surface area contributed by atoms with Crippen molar-refractivity contribution in [2.45, 2.75) is 39.2 Å². The van der Waals surface area contributed by atoms with Crippen molar-refractivity contribution in [3.8, 4) is 0 Å². The maximum atomic E-state index is 11.3. The van der Waals surface area contributed by atoms with Crippen LogP contribution < -0.4 is 21.3 Å². The molecule has 2 heterocycles. The molecule has 1 atom stereocenters. The summed E-state index contributed by atoms with van der Waals surface area (Å²) in [5.74, 6) is 1.39. The number of anilines is 4. The van der Waals surface area contributed by atoms with Gasteiger partial charge in [0, 0.05) is 43.5 Å². The summed E-state index contributed by atoms with van der Waals surface area (Å²) in [5, 5.41) is 6.72. The summed E-state index contributed by atoms with van der Waals surface area (Å²) in [6.07, 6.45) is 2.78. The van der Waals surface area contributed by atoms with Crippen LogP contribution >= 0.6 is 11.6 Å². The summed E-state index contributed by atoms with van der Waals surface area (Å²) < 4.78 is 0. The van der Waals surface area contributed by atoms with Crippen LogP contribution in [0.1, 0.15) is 32.4 Å². The molecule has 0 spiro atoms. The Hall–Kier alpha value is -2.54. The molecular formula is C19H25ClN6O. The third-order valence-electron chi connectivity index (χ3n) is 4.44.